The molecule has 1 aromatic rings. The normalized spacial score (nSPS) is 24.5. The van der Waals surface area contributed by atoms with Crippen LogP contribution in [0.2, 0.25) is 0 Å². The molecule has 0 spiro atoms. The van der Waals surface area contributed by atoms with Crippen molar-refractivity contribution in [2.75, 3.05) is 5.75 Å². The summed E-state index contributed by atoms with van der Waals surface area (Å²) in [4.78, 5) is 11.8. The van der Waals surface area contributed by atoms with Crippen LogP contribution in [0.5, 0.6) is 0 Å². The van der Waals surface area contributed by atoms with Crippen molar-refractivity contribution in [1.29, 1.82) is 5.26 Å². The van der Waals surface area contributed by atoms with Crippen molar-refractivity contribution in [3.05, 3.63) is 10.5 Å². The molecule has 0 aliphatic heterocycles. The van der Waals surface area contributed by atoms with E-state index in [0.717, 1.165) is 30.8 Å². The SMILES string of the molecule is N#CC(CSc1n[nH]c(=O)n1C1CC1)(NC1CC1)C1CC1. The van der Waals surface area contributed by atoms with Gasteiger partial charge in [0.1, 0.15) is 5.54 Å². The van der Waals surface area contributed by atoms with Gasteiger partial charge >= 0.3 is 5.69 Å². The summed E-state index contributed by atoms with van der Waals surface area (Å²) in [6.07, 6.45) is 6.72. The Labute approximate surface area is 127 Å². The van der Waals surface area contributed by atoms with Gasteiger partial charge in [0.2, 0.25) is 0 Å². The maximum atomic E-state index is 11.8. The third kappa shape index (κ3) is 2.62. The fourth-order valence-electron chi connectivity index (χ4n) is 2.83. The van der Waals surface area contributed by atoms with Crippen LogP contribution in [0.4, 0.5) is 0 Å². The minimum absolute atomic E-state index is 0.121. The zero-order valence-corrected chi connectivity index (χ0v) is 12.7. The standard InChI is InChI=1S/C14H19N5OS/c15-7-14(9-1-2-9,16-10-3-4-10)8-21-13-18-17-12(20)19(13)11-5-6-11/h9-11,16H,1-6,8H2,(H,17,20). The molecular weight excluding hydrogens is 286 g/mol. The molecule has 0 radical (unpaired) electrons. The summed E-state index contributed by atoms with van der Waals surface area (Å²) in [6, 6.07) is 3.36. The Morgan fingerprint density at radius 1 is 1.38 bits per heavy atom. The van der Waals surface area contributed by atoms with E-state index < -0.39 is 5.54 Å². The van der Waals surface area contributed by atoms with Crippen molar-refractivity contribution in [3.63, 3.8) is 0 Å². The van der Waals surface area contributed by atoms with Crippen LogP contribution in [0, 0.1) is 17.2 Å². The monoisotopic (exact) mass is 305 g/mol. The Hall–Kier alpha value is -1.26. The van der Waals surface area contributed by atoms with Crippen LogP contribution in [-0.2, 0) is 0 Å². The molecule has 3 aliphatic carbocycles. The van der Waals surface area contributed by atoms with E-state index in [9.17, 15) is 10.1 Å². The van der Waals surface area contributed by atoms with E-state index in [1.54, 1.807) is 16.3 Å². The minimum Gasteiger partial charge on any atom is -0.296 e. The first-order chi connectivity index (χ1) is 10.2. The van der Waals surface area contributed by atoms with Gasteiger partial charge in [0, 0.05) is 17.8 Å². The second kappa shape index (κ2) is 4.89. The molecule has 2 N–H and O–H groups in total. The highest BCUT2D eigenvalue weighted by Crippen LogP contribution is 2.44. The van der Waals surface area contributed by atoms with Crippen molar-refractivity contribution in [3.8, 4) is 6.07 Å². The number of thioether (sulfide) groups is 1. The summed E-state index contributed by atoms with van der Waals surface area (Å²) in [5, 5.41) is 20.7. The summed E-state index contributed by atoms with van der Waals surface area (Å²) < 4.78 is 1.76. The molecule has 7 heteroatoms. The molecule has 3 aliphatic rings. The zero-order chi connectivity index (χ0) is 14.4. The van der Waals surface area contributed by atoms with E-state index in [0.29, 0.717) is 23.8 Å². The molecular formula is C14H19N5OS. The van der Waals surface area contributed by atoms with Gasteiger partial charge in [-0.15, -0.1) is 5.10 Å². The van der Waals surface area contributed by atoms with Crippen LogP contribution in [0.15, 0.2) is 9.95 Å². The van der Waals surface area contributed by atoms with E-state index in [1.807, 2.05) is 0 Å². The maximum absolute atomic E-state index is 11.8. The van der Waals surface area contributed by atoms with Crippen molar-refractivity contribution in [2.45, 2.75) is 61.3 Å². The Morgan fingerprint density at radius 3 is 2.71 bits per heavy atom. The van der Waals surface area contributed by atoms with E-state index in [-0.39, 0.29) is 5.69 Å². The molecule has 21 heavy (non-hydrogen) atoms. The Kier molecular flexibility index (Phi) is 3.12. The molecule has 0 bridgehead atoms. The summed E-state index contributed by atoms with van der Waals surface area (Å²) in [6.45, 7) is 0. The highest BCUT2D eigenvalue weighted by molar-refractivity contribution is 7.99. The number of aromatic amines is 1. The van der Waals surface area contributed by atoms with Crippen LogP contribution < -0.4 is 11.0 Å². The number of aromatic nitrogens is 3. The topological polar surface area (TPSA) is 86.5 Å². The van der Waals surface area contributed by atoms with Crippen LogP contribution in [0.3, 0.4) is 0 Å². The first-order valence-electron chi connectivity index (χ1n) is 7.70. The summed E-state index contributed by atoms with van der Waals surface area (Å²) in [5.41, 5.74) is -0.570. The van der Waals surface area contributed by atoms with Gasteiger partial charge in [-0.05, 0) is 44.4 Å². The quantitative estimate of drug-likeness (QED) is 0.744. The van der Waals surface area contributed by atoms with E-state index in [4.69, 9.17) is 0 Å². The molecule has 1 atom stereocenters. The van der Waals surface area contributed by atoms with Crippen molar-refractivity contribution >= 4 is 11.8 Å². The summed E-state index contributed by atoms with van der Waals surface area (Å²) in [5.74, 6) is 1.12. The molecule has 1 aromatic heterocycles. The number of H-pyrrole nitrogens is 1. The second-order valence-corrected chi connectivity index (χ2v) is 7.42. The predicted molar refractivity (Wildman–Crippen MR) is 79.1 cm³/mol. The molecule has 4 rings (SSSR count). The molecule has 1 unspecified atom stereocenters. The smallest absolute Gasteiger partial charge is 0.296 e. The third-order valence-corrected chi connectivity index (χ3v) is 5.67. The lowest BCUT2D eigenvalue weighted by atomic mass is 9.97. The van der Waals surface area contributed by atoms with Gasteiger partial charge in [-0.1, -0.05) is 11.8 Å². The van der Waals surface area contributed by atoms with Crippen LogP contribution in [-0.4, -0.2) is 32.1 Å². The molecule has 112 valence electrons. The number of hydrogen-bond donors (Lipinski definition) is 2. The minimum atomic E-state index is -0.449. The van der Waals surface area contributed by atoms with Crippen molar-refractivity contribution in [2.24, 2.45) is 5.92 Å². The molecule has 6 nitrogen and oxygen atoms in total. The Morgan fingerprint density at radius 2 is 2.14 bits per heavy atom. The fourth-order valence-corrected chi connectivity index (χ4v) is 4.05. The van der Waals surface area contributed by atoms with E-state index >= 15 is 0 Å². The lowest BCUT2D eigenvalue weighted by molar-refractivity contribution is 0.401. The summed E-state index contributed by atoms with van der Waals surface area (Å²) in [7, 11) is 0. The average molecular weight is 305 g/mol. The Balaban J connectivity index is 1.51. The lowest BCUT2D eigenvalue weighted by Crippen LogP contribution is -2.49. The first kappa shape index (κ1) is 13.4. The number of hydrogen-bond acceptors (Lipinski definition) is 5. The van der Waals surface area contributed by atoms with Gasteiger partial charge in [-0.3, -0.25) is 9.88 Å². The van der Waals surface area contributed by atoms with Crippen LogP contribution in [0.1, 0.15) is 44.6 Å². The first-order valence-corrected chi connectivity index (χ1v) is 8.69. The lowest BCUT2D eigenvalue weighted by Gasteiger charge is -2.27. The fraction of sp³-hybridized carbons (Fsp3) is 0.786. The average Bonchev–Trinajstić information content (AvgIpc) is 3.35. The van der Waals surface area contributed by atoms with Crippen LogP contribution >= 0.6 is 11.8 Å². The molecule has 3 fully saturated rings. The number of nitriles is 1. The van der Waals surface area contributed by atoms with Crippen molar-refractivity contribution < 1.29 is 0 Å². The zero-order valence-electron chi connectivity index (χ0n) is 11.8. The molecule has 1 heterocycles. The molecule has 0 aromatic carbocycles. The van der Waals surface area contributed by atoms with Crippen molar-refractivity contribution in [1.82, 2.24) is 20.1 Å². The Bertz CT molecular complexity index is 635. The maximum Gasteiger partial charge on any atom is 0.344 e. The molecule has 0 saturated heterocycles. The third-order valence-electron chi connectivity index (χ3n) is 4.53. The molecule has 0 amide bonds. The van der Waals surface area contributed by atoms with Gasteiger partial charge in [0.25, 0.3) is 0 Å². The second-order valence-electron chi connectivity index (χ2n) is 6.48. The number of rotatable bonds is 7. The van der Waals surface area contributed by atoms with Gasteiger partial charge < -0.3 is 0 Å². The highest BCUT2D eigenvalue weighted by Gasteiger charge is 2.48. The predicted octanol–water partition coefficient (Wildman–Crippen LogP) is 1.42. The largest absolute Gasteiger partial charge is 0.344 e. The summed E-state index contributed by atoms with van der Waals surface area (Å²) >= 11 is 1.54. The van der Waals surface area contributed by atoms with E-state index in [2.05, 4.69) is 21.6 Å². The number of nitrogens with zero attached hydrogens (tertiary/aromatic N) is 3. The number of nitrogens with one attached hydrogen (secondary N) is 2. The highest BCUT2D eigenvalue weighted by atomic mass is 32.2. The van der Waals surface area contributed by atoms with Gasteiger partial charge in [-0.25, -0.2) is 9.89 Å². The van der Waals surface area contributed by atoms with Gasteiger partial charge in [-0.2, -0.15) is 5.26 Å². The molecule has 3 saturated carbocycles. The van der Waals surface area contributed by atoms with Gasteiger partial charge in [0.05, 0.1) is 6.07 Å². The van der Waals surface area contributed by atoms with Gasteiger partial charge in [0.15, 0.2) is 5.16 Å². The van der Waals surface area contributed by atoms with E-state index in [1.165, 1.54) is 12.8 Å². The van der Waals surface area contributed by atoms with Crippen LogP contribution in [0.25, 0.3) is 0 Å².